The van der Waals surface area contributed by atoms with Crippen molar-refractivity contribution in [3.8, 4) is 0 Å². The van der Waals surface area contributed by atoms with Gasteiger partial charge in [0.05, 0.1) is 22.0 Å². The van der Waals surface area contributed by atoms with Crippen molar-refractivity contribution in [1.82, 2.24) is 4.31 Å². The molecule has 1 amide bonds. The molecular formula is C20H23N3O6S. The highest BCUT2D eigenvalue weighted by Gasteiger charge is 2.32. The molecule has 0 saturated carbocycles. The van der Waals surface area contributed by atoms with Crippen molar-refractivity contribution >= 4 is 27.3 Å². The number of benzene rings is 2. The van der Waals surface area contributed by atoms with E-state index in [0.717, 1.165) is 0 Å². The summed E-state index contributed by atoms with van der Waals surface area (Å²) in [4.78, 5) is 23.3. The Kier molecular flexibility index (Phi) is 6.20. The summed E-state index contributed by atoms with van der Waals surface area (Å²) in [5.41, 5.74) is 0.388. The van der Waals surface area contributed by atoms with Crippen LogP contribution in [0.15, 0.2) is 47.4 Å². The molecule has 9 nitrogen and oxygen atoms in total. The molecular weight excluding hydrogens is 410 g/mol. The number of ether oxygens (including phenoxy) is 1. The molecule has 2 aromatic rings. The Labute approximate surface area is 174 Å². The van der Waals surface area contributed by atoms with Crippen LogP contribution in [0.1, 0.15) is 29.8 Å². The lowest BCUT2D eigenvalue weighted by Crippen LogP contribution is -2.48. The van der Waals surface area contributed by atoms with E-state index in [1.165, 1.54) is 34.6 Å². The Morgan fingerprint density at radius 2 is 1.73 bits per heavy atom. The normalized spacial score (nSPS) is 20.0. The lowest BCUT2D eigenvalue weighted by atomic mass is 10.1. The van der Waals surface area contributed by atoms with E-state index in [-0.39, 0.29) is 41.4 Å². The number of nitrogens with one attached hydrogen (secondary N) is 1. The van der Waals surface area contributed by atoms with Crippen molar-refractivity contribution in [2.24, 2.45) is 0 Å². The first-order chi connectivity index (χ1) is 14.1. The number of nitrogens with zero attached hydrogens (tertiary/aromatic N) is 2. The molecule has 1 N–H and O–H groups in total. The molecule has 1 aliphatic rings. The highest BCUT2D eigenvalue weighted by atomic mass is 32.2. The number of carbonyl (C=O) groups is 1. The Hall–Kier alpha value is -2.82. The van der Waals surface area contributed by atoms with Crippen molar-refractivity contribution in [2.45, 2.75) is 37.9 Å². The smallest absolute Gasteiger partial charge is 0.285 e. The van der Waals surface area contributed by atoms with Gasteiger partial charge in [0.2, 0.25) is 10.0 Å². The zero-order valence-electron chi connectivity index (χ0n) is 16.9. The van der Waals surface area contributed by atoms with Gasteiger partial charge in [-0.3, -0.25) is 14.9 Å². The Bertz CT molecular complexity index is 1060. The number of morpholine rings is 1. The minimum Gasteiger partial charge on any atom is -0.373 e. The molecule has 0 bridgehead atoms. The van der Waals surface area contributed by atoms with Gasteiger partial charge < -0.3 is 10.1 Å². The number of rotatable bonds is 5. The lowest BCUT2D eigenvalue weighted by molar-refractivity contribution is -0.385. The molecule has 30 heavy (non-hydrogen) atoms. The topological polar surface area (TPSA) is 119 Å². The third kappa shape index (κ3) is 4.50. The first kappa shape index (κ1) is 21.9. The summed E-state index contributed by atoms with van der Waals surface area (Å²) in [6.07, 6.45) is -0.403. The summed E-state index contributed by atoms with van der Waals surface area (Å²) in [6, 6.07) is 10.2. The Morgan fingerprint density at radius 1 is 1.13 bits per heavy atom. The van der Waals surface area contributed by atoms with E-state index in [9.17, 15) is 23.3 Å². The van der Waals surface area contributed by atoms with E-state index in [1.807, 2.05) is 13.8 Å². The van der Waals surface area contributed by atoms with Crippen LogP contribution >= 0.6 is 0 Å². The minimum absolute atomic E-state index is 0.0620. The fourth-order valence-corrected chi connectivity index (χ4v) is 5.06. The van der Waals surface area contributed by atoms with Crippen molar-refractivity contribution < 1.29 is 22.9 Å². The number of amides is 1. The quantitative estimate of drug-likeness (QED) is 0.572. The fourth-order valence-electron chi connectivity index (χ4n) is 3.47. The summed E-state index contributed by atoms with van der Waals surface area (Å²) in [5, 5.41) is 13.9. The number of hydrogen-bond donors (Lipinski definition) is 1. The van der Waals surface area contributed by atoms with E-state index in [2.05, 4.69) is 5.32 Å². The van der Waals surface area contributed by atoms with Crippen LogP contribution in [0, 0.1) is 17.0 Å². The third-order valence-electron chi connectivity index (χ3n) is 4.80. The van der Waals surface area contributed by atoms with Crippen molar-refractivity contribution in [3.05, 3.63) is 63.7 Å². The van der Waals surface area contributed by atoms with Crippen LogP contribution < -0.4 is 5.32 Å². The van der Waals surface area contributed by atoms with E-state index in [0.29, 0.717) is 11.3 Å². The van der Waals surface area contributed by atoms with Crippen LogP contribution in [0.4, 0.5) is 11.4 Å². The summed E-state index contributed by atoms with van der Waals surface area (Å²) >= 11 is 0. The molecule has 10 heteroatoms. The van der Waals surface area contributed by atoms with Gasteiger partial charge in [0.1, 0.15) is 5.56 Å². The van der Waals surface area contributed by atoms with E-state index >= 15 is 0 Å². The van der Waals surface area contributed by atoms with Gasteiger partial charge in [0, 0.05) is 24.3 Å². The molecule has 0 aliphatic carbocycles. The number of aryl methyl sites for hydroxylation is 1. The standard InChI is InChI=1S/C20H23N3O6S/c1-13-5-4-6-18(19(13)23(25)26)20(24)21-16-7-9-17(10-8-16)30(27,28)22-11-14(2)29-15(3)12-22/h4-10,14-15H,11-12H2,1-3H3,(H,21,24). The van der Waals surface area contributed by atoms with Crippen LogP contribution in [0.2, 0.25) is 0 Å². The molecule has 2 aromatic carbocycles. The molecule has 0 radical (unpaired) electrons. The van der Waals surface area contributed by atoms with Crippen LogP contribution in [-0.4, -0.2) is 48.9 Å². The number of para-hydroxylation sites is 1. The predicted octanol–water partition coefficient (Wildman–Crippen LogP) is 2.95. The first-order valence-corrected chi connectivity index (χ1v) is 10.8. The molecule has 3 rings (SSSR count). The van der Waals surface area contributed by atoms with Crippen molar-refractivity contribution in [1.29, 1.82) is 0 Å². The summed E-state index contributed by atoms with van der Waals surface area (Å²) in [6.45, 7) is 5.73. The molecule has 1 aliphatic heterocycles. The summed E-state index contributed by atoms with van der Waals surface area (Å²) < 4.78 is 32.8. The van der Waals surface area contributed by atoms with Gasteiger partial charge in [-0.1, -0.05) is 12.1 Å². The van der Waals surface area contributed by atoms with Gasteiger partial charge in [-0.05, 0) is 51.1 Å². The molecule has 2 atom stereocenters. The van der Waals surface area contributed by atoms with E-state index < -0.39 is 20.9 Å². The van der Waals surface area contributed by atoms with Crippen LogP contribution in [0.25, 0.3) is 0 Å². The summed E-state index contributed by atoms with van der Waals surface area (Å²) in [7, 11) is -3.70. The number of sulfonamides is 1. The SMILES string of the molecule is Cc1cccc(C(=O)Nc2ccc(S(=O)(=O)N3CC(C)OC(C)C3)cc2)c1[N+](=O)[O-]. The monoisotopic (exact) mass is 433 g/mol. The molecule has 160 valence electrons. The lowest BCUT2D eigenvalue weighted by Gasteiger charge is -2.34. The molecule has 1 fully saturated rings. The number of carbonyl (C=O) groups excluding carboxylic acids is 1. The van der Waals surface area contributed by atoms with Crippen LogP contribution in [-0.2, 0) is 14.8 Å². The first-order valence-electron chi connectivity index (χ1n) is 9.40. The van der Waals surface area contributed by atoms with Gasteiger partial charge >= 0.3 is 0 Å². The second-order valence-corrected chi connectivity index (χ2v) is 9.22. The summed E-state index contributed by atoms with van der Waals surface area (Å²) in [5.74, 6) is -0.642. The maximum Gasteiger partial charge on any atom is 0.285 e. The number of anilines is 1. The van der Waals surface area contributed by atoms with Crippen molar-refractivity contribution in [3.63, 3.8) is 0 Å². The molecule has 1 saturated heterocycles. The molecule has 1 heterocycles. The number of hydrogen-bond acceptors (Lipinski definition) is 6. The highest BCUT2D eigenvalue weighted by molar-refractivity contribution is 7.89. The Morgan fingerprint density at radius 3 is 2.30 bits per heavy atom. The maximum absolute atomic E-state index is 12.9. The van der Waals surface area contributed by atoms with Gasteiger partial charge in [-0.25, -0.2) is 8.42 Å². The van der Waals surface area contributed by atoms with Gasteiger partial charge in [-0.15, -0.1) is 0 Å². The minimum atomic E-state index is -3.70. The largest absolute Gasteiger partial charge is 0.373 e. The molecule has 0 spiro atoms. The van der Waals surface area contributed by atoms with Crippen LogP contribution in [0.3, 0.4) is 0 Å². The zero-order valence-corrected chi connectivity index (χ0v) is 17.7. The van der Waals surface area contributed by atoms with Crippen LogP contribution in [0.5, 0.6) is 0 Å². The second-order valence-electron chi connectivity index (χ2n) is 7.29. The average molecular weight is 433 g/mol. The Balaban J connectivity index is 1.79. The molecule has 0 aromatic heterocycles. The predicted molar refractivity (Wildman–Crippen MR) is 111 cm³/mol. The van der Waals surface area contributed by atoms with Gasteiger partial charge in [0.25, 0.3) is 11.6 Å². The fraction of sp³-hybridized carbons (Fsp3) is 0.350. The number of nitro benzene ring substituents is 1. The highest BCUT2D eigenvalue weighted by Crippen LogP contribution is 2.25. The van der Waals surface area contributed by atoms with Gasteiger partial charge in [0.15, 0.2) is 0 Å². The number of nitro groups is 1. The zero-order chi connectivity index (χ0) is 22.1. The average Bonchev–Trinajstić information content (AvgIpc) is 2.67. The third-order valence-corrected chi connectivity index (χ3v) is 6.65. The van der Waals surface area contributed by atoms with Crippen molar-refractivity contribution in [2.75, 3.05) is 18.4 Å². The van der Waals surface area contributed by atoms with E-state index in [1.54, 1.807) is 19.1 Å². The van der Waals surface area contributed by atoms with Gasteiger partial charge in [-0.2, -0.15) is 4.31 Å². The van der Waals surface area contributed by atoms with E-state index in [4.69, 9.17) is 4.74 Å². The second kappa shape index (κ2) is 8.50. The maximum atomic E-state index is 12.9. The molecule has 2 unspecified atom stereocenters.